The Morgan fingerprint density at radius 3 is 1.25 bits per heavy atom. The van der Waals surface area contributed by atoms with E-state index in [0.717, 1.165) is 0 Å². The molecule has 4 heavy (non-hydrogen) atoms. The summed E-state index contributed by atoms with van der Waals surface area (Å²) in [6, 6.07) is 0. The van der Waals surface area contributed by atoms with Gasteiger partial charge < -0.3 is 5.48 Å². The van der Waals surface area contributed by atoms with E-state index in [1.54, 1.807) is 0 Å². The fourth-order valence-electron chi connectivity index (χ4n) is 0. The van der Waals surface area contributed by atoms with Gasteiger partial charge in [-0.25, -0.2) is 0 Å². The van der Waals surface area contributed by atoms with Crippen molar-refractivity contribution >= 4 is 62.2 Å². The molecule has 1 nitrogen and oxygen atoms in total. The monoisotopic (exact) mass is 120 g/mol. The summed E-state index contributed by atoms with van der Waals surface area (Å²) in [4.78, 5) is 0. The predicted molar refractivity (Wildman–Crippen MR) is 30.6 cm³/mol. The van der Waals surface area contributed by atoms with E-state index in [2.05, 4.69) is 0 Å². The van der Waals surface area contributed by atoms with Crippen LogP contribution in [0.4, 0.5) is 0 Å². The Kier molecular flexibility index (Phi) is 84.4. The van der Waals surface area contributed by atoms with Crippen molar-refractivity contribution in [2.75, 3.05) is 0 Å². The summed E-state index contributed by atoms with van der Waals surface area (Å²) in [6.07, 6.45) is 0. The van der Waals surface area contributed by atoms with Crippen LogP contribution < -0.4 is 0 Å². The Bertz CT molecular complexity index is 8.00. The van der Waals surface area contributed by atoms with Crippen molar-refractivity contribution in [1.82, 2.24) is 0 Å². The van der Waals surface area contributed by atoms with Gasteiger partial charge in [-0.15, -0.1) is 0 Å². The summed E-state index contributed by atoms with van der Waals surface area (Å²) in [5, 5.41) is 0. The Balaban J connectivity index is -0.00000000500. The first kappa shape index (κ1) is 16.7. The zero-order valence-corrected chi connectivity index (χ0v) is 6.50. The molecule has 0 aromatic heterocycles. The molecule has 0 saturated carbocycles. The van der Waals surface area contributed by atoms with E-state index < -0.39 is 0 Å². The van der Waals surface area contributed by atoms with Gasteiger partial charge in [0.15, 0.2) is 15.6 Å². The molecule has 0 amide bonds. The van der Waals surface area contributed by atoms with Crippen LogP contribution in [-0.4, -0.2) is 67.7 Å². The molecule has 0 radical (unpaired) electrons. The van der Waals surface area contributed by atoms with E-state index >= 15 is 0 Å². The molecule has 0 aromatic rings. The summed E-state index contributed by atoms with van der Waals surface area (Å²) in [5.41, 5.74) is 0. The molecule has 0 rings (SSSR count). The first-order chi connectivity index (χ1) is 1.00. The van der Waals surface area contributed by atoms with Crippen molar-refractivity contribution in [2.24, 2.45) is 0 Å². The Morgan fingerprint density at radius 1 is 1.25 bits per heavy atom. The molecule has 0 aromatic carbocycles. The molecule has 0 aliphatic rings. The fraction of sp³-hybridized carbons (Fsp3) is 0. The van der Waals surface area contributed by atoms with Gasteiger partial charge in [-0.2, -0.15) is 0 Å². The quantitative estimate of drug-likeness (QED) is 0.293. The molecule has 24 valence electrons. The molecular weight excluding hydrogens is 111 g/mol. The van der Waals surface area contributed by atoms with Crippen molar-refractivity contribution in [2.45, 2.75) is 0 Å². The minimum absolute atomic E-state index is 0. The summed E-state index contributed by atoms with van der Waals surface area (Å²) in [7, 11) is 1.44. The van der Waals surface area contributed by atoms with E-state index in [9.17, 15) is 0 Å². The van der Waals surface area contributed by atoms with Crippen LogP contribution in [0, 0.1) is 0 Å². The second-order valence-corrected chi connectivity index (χ2v) is 0. The third-order valence-corrected chi connectivity index (χ3v) is 0. The molecule has 2 N–H and O–H groups in total. The summed E-state index contributed by atoms with van der Waals surface area (Å²) in [6.45, 7) is 0. The summed E-state index contributed by atoms with van der Waals surface area (Å²) < 4.78 is 0. The zero-order valence-electron chi connectivity index (χ0n) is 2.50. The Morgan fingerprint density at radius 2 is 1.25 bits per heavy atom. The normalized spacial score (nSPS) is 2.00. The zero-order chi connectivity index (χ0) is 2.00. The maximum atomic E-state index is 1.44. The van der Waals surface area contributed by atoms with Crippen LogP contribution in [0.25, 0.3) is 0 Å². The third-order valence-electron chi connectivity index (χ3n) is 0. The van der Waals surface area contributed by atoms with Gasteiger partial charge in [-0.3, -0.25) is 0 Å². The molecule has 0 aliphatic carbocycles. The predicted octanol–water partition coefficient (Wildman–Crippen LogP) is -3.84. The van der Waals surface area contributed by atoms with E-state index in [1.807, 2.05) is 0 Å². The van der Waals surface area contributed by atoms with Gasteiger partial charge in [-0.1, -0.05) is 8.80 Å². The number of hydrogen-bond acceptors (Lipinski definition) is 0. The second-order valence-electron chi connectivity index (χ2n) is 0. The van der Waals surface area contributed by atoms with Crippen molar-refractivity contribution in [3.63, 3.8) is 0 Å². The van der Waals surface area contributed by atoms with Crippen molar-refractivity contribution in [1.29, 1.82) is 0 Å². The van der Waals surface area contributed by atoms with Crippen LogP contribution in [0.1, 0.15) is 0 Å². The van der Waals surface area contributed by atoms with Crippen LogP contribution in [0.5, 0.6) is 0 Å². The third kappa shape index (κ3) is 9.02. The van der Waals surface area contributed by atoms with E-state index in [1.165, 1.54) is 24.4 Å². The molecule has 0 bridgehead atoms. The molecule has 0 fully saturated rings. The molecular formula is H9AlCaOSi. The average molecular weight is 120 g/mol. The molecule has 0 saturated heterocycles. The molecule has 0 unspecified atom stereocenters. The van der Waals surface area contributed by atoms with Crippen molar-refractivity contribution in [3.05, 3.63) is 0 Å². The van der Waals surface area contributed by atoms with Crippen LogP contribution in [-0.2, 0) is 0 Å². The van der Waals surface area contributed by atoms with Gasteiger partial charge in [0.1, 0.15) is 0 Å². The van der Waals surface area contributed by atoms with E-state index in [4.69, 9.17) is 0 Å². The van der Waals surface area contributed by atoms with Crippen LogP contribution in [0.3, 0.4) is 0 Å². The second kappa shape index (κ2) is 20.2. The van der Waals surface area contributed by atoms with Crippen LogP contribution >= 0.6 is 0 Å². The fourth-order valence-corrected chi connectivity index (χ4v) is 0. The van der Waals surface area contributed by atoms with Crippen molar-refractivity contribution in [3.8, 4) is 0 Å². The summed E-state index contributed by atoms with van der Waals surface area (Å²) >= 11 is 1.44. The molecule has 4 heteroatoms. The van der Waals surface area contributed by atoms with Gasteiger partial charge >= 0.3 is 37.7 Å². The first-order valence-electron chi connectivity index (χ1n) is 1.00. The van der Waals surface area contributed by atoms with E-state index in [-0.39, 0.29) is 43.2 Å². The van der Waals surface area contributed by atoms with Gasteiger partial charge in [-0.05, 0) is 0 Å². The Labute approximate surface area is 66.7 Å². The number of rotatable bonds is 0. The molecule has 0 aliphatic heterocycles. The standard InChI is InChI=1S/Al.Ca.H2O.H3Si.4H/h;;1H2;1H3;;;;. The van der Waals surface area contributed by atoms with Crippen molar-refractivity contribution < 1.29 is 5.48 Å². The topological polar surface area (TPSA) is 31.5 Å². The summed E-state index contributed by atoms with van der Waals surface area (Å²) in [5.74, 6) is 0. The maximum absolute atomic E-state index is 1.44. The van der Waals surface area contributed by atoms with Crippen LogP contribution in [0.2, 0.25) is 0 Å². The molecule has 0 spiro atoms. The Hall–Kier alpha value is 1.97. The number of hydrogen-bond donors (Lipinski definition) is 0. The first-order valence-corrected chi connectivity index (χ1v) is 9.00. The van der Waals surface area contributed by atoms with Gasteiger partial charge in [0.05, 0.1) is 0 Å². The minimum atomic E-state index is 0. The van der Waals surface area contributed by atoms with Gasteiger partial charge in [0, 0.05) is 0 Å². The van der Waals surface area contributed by atoms with E-state index in [0.29, 0.717) is 0 Å². The van der Waals surface area contributed by atoms with Gasteiger partial charge in [0.2, 0.25) is 0 Å². The SMILES string of the molecule is O.[AlH2][SiH3].[CaH2]. The van der Waals surface area contributed by atoms with Crippen LogP contribution in [0.15, 0.2) is 0 Å². The molecule has 0 atom stereocenters. The average Bonchev–Trinajstić information content (AvgIpc) is 1.00. The van der Waals surface area contributed by atoms with Gasteiger partial charge in [0.25, 0.3) is 0 Å². The molecule has 0 heterocycles.